The van der Waals surface area contributed by atoms with Crippen LogP contribution in [-0.2, 0) is 6.42 Å². The maximum absolute atomic E-state index is 14.3. The average molecular weight is 389 g/mol. The van der Waals surface area contributed by atoms with Gasteiger partial charge in [0.25, 0.3) is 11.5 Å². The molecule has 2 heterocycles. The van der Waals surface area contributed by atoms with Gasteiger partial charge in [-0.05, 0) is 31.1 Å². The first kappa shape index (κ1) is 18.8. The van der Waals surface area contributed by atoms with Crippen molar-refractivity contribution in [2.75, 3.05) is 5.32 Å². The molecule has 0 fully saturated rings. The summed E-state index contributed by atoms with van der Waals surface area (Å²) in [6, 6.07) is 3.16. The number of hydrogen-bond donors (Lipinski definition) is 3. The zero-order valence-electron chi connectivity index (χ0n) is 14.6. The molecular weight excluding hydrogens is 371 g/mol. The van der Waals surface area contributed by atoms with E-state index >= 15 is 0 Å². The highest BCUT2D eigenvalue weighted by Crippen LogP contribution is 2.33. The zero-order valence-corrected chi connectivity index (χ0v) is 15.4. The smallest absolute Gasteiger partial charge is 0.256 e. The van der Waals surface area contributed by atoms with Crippen LogP contribution in [0.15, 0.2) is 46.3 Å². The number of aromatic amines is 1. The van der Waals surface area contributed by atoms with E-state index in [9.17, 15) is 14.0 Å². The van der Waals surface area contributed by atoms with E-state index in [1.807, 2.05) is 6.92 Å². The molecule has 1 aliphatic carbocycles. The summed E-state index contributed by atoms with van der Waals surface area (Å²) in [5.41, 5.74) is 7.12. The molecule has 0 saturated carbocycles. The molecule has 0 bridgehead atoms. The number of anilines is 2. The van der Waals surface area contributed by atoms with E-state index in [4.69, 9.17) is 17.3 Å². The number of aromatic nitrogens is 2. The standard InChI is InChI=1S/C19H18ClFN4O2/c1-2-15-17(24-16-5-6-23-9-13(16)18(22)26)8-12(19(27)25-15)11-7-10(20)3-4-14(11)21/h5-9H,2-4H2,1H3,(H2,22,26)(H,23,24)(H,25,27). The van der Waals surface area contributed by atoms with E-state index in [0.29, 0.717) is 34.9 Å². The Morgan fingerprint density at radius 3 is 2.89 bits per heavy atom. The summed E-state index contributed by atoms with van der Waals surface area (Å²) in [6.07, 6.45) is 5.42. The number of nitrogens with zero attached hydrogens (tertiary/aromatic N) is 1. The third kappa shape index (κ3) is 3.93. The number of H-pyrrole nitrogens is 1. The maximum atomic E-state index is 14.3. The minimum atomic E-state index is -0.635. The second kappa shape index (κ2) is 7.75. The lowest BCUT2D eigenvalue weighted by atomic mass is 9.98. The van der Waals surface area contributed by atoms with Crippen LogP contribution in [0, 0.1) is 0 Å². The molecular formula is C19H18ClFN4O2. The molecule has 0 unspecified atom stereocenters. The number of primary amides is 1. The van der Waals surface area contributed by atoms with Crippen LogP contribution in [0.1, 0.15) is 41.4 Å². The summed E-state index contributed by atoms with van der Waals surface area (Å²) in [6.45, 7) is 1.87. The van der Waals surface area contributed by atoms with Crippen molar-refractivity contribution in [1.82, 2.24) is 9.97 Å². The van der Waals surface area contributed by atoms with Gasteiger partial charge >= 0.3 is 0 Å². The predicted molar refractivity (Wildman–Crippen MR) is 104 cm³/mol. The van der Waals surface area contributed by atoms with Crippen LogP contribution >= 0.6 is 11.6 Å². The molecule has 2 aromatic heterocycles. The van der Waals surface area contributed by atoms with Crippen LogP contribution in [-0.4, -0.2) is 15.9 Å². The fourth-order valence-corrected chi connectivity index (χ4v) is 3.10. The normalized spacial score (nSPS) is 14.1. The summed E-state index contributed by atoms with van der Waals surface area (Å²) in [7, 11) is 0. The van der Waals surface area contributed by atoms with Gasteiger partial charge < -0.3 is 16.0 Å². The van der Waals surface area contributed by atoms with Crippen molar-refractivity contribution >= 4 is 34.5 Å². The lowest BCUT2D eigenvalue weighted by molar-refractivity contribution is 0.100. The quantitative estimate of drug-likeness (QED) is 0.725. The minimum Gasteiger partial charge on any atom is -0.365 e. The first-order valence-electron chi connectivity index (χ1n) is 8.42. The second-order valence-electron chi connectivity index (χ2n) is 6.08. The number of nitrogens with one attached hydrogen (secondary N) is 2. The van der Waals surface area contributed by atoms with Gasteiger partial charge in [-0.2, -0.15) is 0 Å². The summed E-state index contributed by atoms with van der Waals surface area (Å²) in [5.74, 6) is -1.02. The van der Waals surface area contributed by atoms with Crippen molar-refractivity contribution in [3.05, 3.63) is 68.6 Å². The highest BCUT2D eigenvalue weighted by molar-refractivity contribution is 6.30. The first-order chi connectivity index (χ1) is 12.9. The molecule has 0 saturated heterocycles. The number of carbonyl (C=O) groups is 1. The number of halogens is 2. The number of aryl methyl sites for hydroxylation is 1. The Kier molecular flexibility index (Phi) is 5.41. The maximum Gasteiger partial charge on any atom is 0.256 e. The van der Waals surface area contributed by atoms with Crippen molar-refractivity contribution < 1.29 is 9.18 Å². The number of nitrogens with two attached hydrogens (primary N) is 1. The third-order valence-corrected chi connectivity index (χ3v) is 4.60. The van der Waals surface area contributed by atoms with Gasteiger partial charge in [0.1, 0.15) is 5.83 Å². The van der Waals surface area contributed by atoms with Gasteiger partial charge in [0.05, 0.1) is 22.5 Å². The molecule has 0 aliphatic heterocycles. The third-order valence-electron chi connectivity index (χ3n) is 4.30. The van der Waals surface area contributed by atoms with Crippen molar-refractivity contribution in [1.29, 1.82) is 0 Å². The predicted octanol–water partition coefficient (Wildman–Crippen LogP) is 3.77. The monoisotopic (exact) mass is 388 g/mol. The Morgan fingerprint density at radius 1 is 1.41 bits per heavy atom. The fourth-order valence-electron chi connectivity index (χ4n) is 2.90. The number of pyridine rings is 2. The topological polar surface area (TPSA) is 101 Å². The van der Waals surface area contributed by atoms with Gasteiger partial charge in [-0.1, -0.05) is 18.5 Å². The highest BCUT2D eigenvalue weighted by atomic mass is 35.5. The summed E-state index contributed by atoms with van der Waals surface area (Å²) >= 11 is 6.04. The van der Waals surface area contributed by atoms with Crippen molar-refractivity contribution in [2.24, 2.45) is 5.73 Å². The Balaban J connectivity index is 2.12. The minimum absolute atomic E-state index is 0.151. The number of hydrogen-bond acceptors (Lipinski definition) is 4. The highest BCUT2D eigenvalue weighted by Gasteiger charge is 2.19. The number of amides is 1. The molecule has 140 valence electrons. The van der Waals surface area contributed by atoms with Crippen molar-refractivity contribution in [3.63, 3.8) is 0 Å². The first-order valence-corrected chi connectivity index (χ1v) is 8.80. The summed E-state index contributed by atoms with van der Waals surface area (Å²) in [4.78, 5) is 30.8. The molecule has 4 N–H and O–H groups in total. The zero-order chi connectivity index (χ0) is 19.6. The van der Waals surface area contributed by atoms with Gasteiger partial charge in [0.15, 0.2) is 0 Å². The van der Waals surface area contributed by atoms with E-state index in [2.05, 4.69) is 15.3 Å². The van der Waals surface area contributed by atoms with Crippen molar-refractivity contribution in [2.45, 2.75) is 26.2 Å². The summed E-state index contributed by atoms with van der Waals surface area (Å²) in [5, 5.41) is 3.59. The molecule has 0 spiro atoms. The second-order valence-corrected chi connectivity index (χ2v) is 6.56. The molecule has 0 radical (unpaired) electrons. The molecule has 0 atom stereocenters. The Hall–Kier alpha value is -2.93. The largest absolute Gasteiger partial charge is 0.365 e. The number of rotatable bonds is 5. The van der Waals surface area contributed by atoms with Gasteiger partial charge in [0, 0.05) is 35.1 Å². The summed E-state index contributed by atoms with van der Waals surface area (Å²) < 4.78 is 14.3. The molecule has 0 aromatic carbocycles. The molecule has 6 nitrogen and oxygen atoms in total. The molecule has 3 rings (SSSR count). The Morgan fingerprint density at radius 2 is 2.19 bits per heavy atom. The lowest BCUT2D eigenvalue weighted by Gasteiger charge is -2.16. The molecule has 1 aliphatic rings. The Bertz CT molecular complexity index is 1030. The van der Waals surface area contributed by atoms with Gasteiger partial charge in [0.2, 0.25) is 0 Å². The van der Waals surface area contributed by atoms with Crippen LogP contribution < -0.4 is 16.6 Å². The van der Waals surface area contributed by atoms with Crippen LogP contribution in [0.2, 0.25) is 0 Å². The van der Waals surface area contributed by atoms with Crippen LogP contribution in [0.5, 0.6) is 0 Å². The van der Waals surface area contributed by atoms with Crippen LogP contribution in [0.3, 0.4) is 0 Å². The van der Waals surface area contributed by atoms with E-state index in [-0.39, 0.29) is 28.9 Å². The number of allylic oxidation sites excluding steroid dienone is 4. The van der Waals surface area contributed by atoms with Gasteiger partial charge in [-0.25, -0.2) is 4.39 Å². The number of carbonyl (C=O) groups excluding carboxylic acids is 1. The van der Waals surface area contributed by atoms with E-state index < -0.39 is 11.5 Å². The van der Waals surface area contributed by atoms with Crippen LogP contribution in [0.25, 0.3) is 5.57 Å². The molecule has 27 heavy (non-hydrogen) atoms. The Labute approximate surface area is 160 Å². The molecule has 2 aromatic rings. The molecule has 8 heteroatoms. The molecule has 1 amide bonds. The van der Waals surface area contributed by atoms with E-state index in [1.165, 1.54) is 18.5 Å². The van der Waals surface area contributed by atoms with Crippen LogP contribution in [0.4, 0.5) is 15.8 Å². The van der Waals surface area contributed by atoms with Crippen molar-refractivity contribution in [3.8, 4) is 0 Å². The van der Waals surface area contributed by atoms with Gasteiger partial charge in [-0.15, -0.1) is 0 Å². The average Bonchev–Trinajstić information content (AvgIpc) is 2.65. The van der Waals surface area contributed by atoms with Gasteiger partial charge in [-0.3, -0.25) is 14.6 Å². The fraction of sp³-hybridized carbons (Fsp3) is 0.211. The SMILES string of the molecule is CCc1[nH]c(=O)c(C2=C(F)CCC(Cl)=C2)cc1Nc1ccncc1C(N)=O. The van der Waals surface area contributed by atoms with E-state index in [1.54, 1.807) is 12.1 Å². The van der Waals surface area contributed by atoms with E-state index in [0.717, 1.165) is 0 Å². The lowest BCUT2D eigenvalue weighted by Crippen LogP contribution is -2.18.